The van der Waals surface area contributed by atoms with Crippen molar-refractivity contribution in [2.75, 3.05) is 20.8 Å². The molecule has 0 spiro atoms. The van der Waals surface area contributed by atoms with Gasteiger partial charge >= 0.3 is 5.97 Å². The molecule has 0 amide bonds. The molecule has 0 fully saturated rings. The molecule has 1 atom stereocenters. The van der Waals surface area contributed by atoms with Crippen molar-refractivity contribution in [3.8, 4) is 11.6 Å². The normalized spacial score (nSPS) is 11.9. The maximum atomic E-state index is 11.0. The first kappa shape index (κ1) is 12.3. The van der Waals surface area contributed by atoms with Crippen LogP contribution in [0.25, 0.3) is 0 Å². The molecule has 0 aliphatic rings. The SMILES string of the molecule is COc1cc(C(CN)C(=O)O)c(OC)cn1. The van der Waals surface area contributed by atoms with Gasteiger partial charge in [0.2, 0.25) is 5.88 Å². The second-order valence-corrected chi connectivity index (χ2v) is 3.10. The van der Waals surface area contributed by atoms with E-state index in [1.165, 1.54) is 26.5 Å². The molecular weight excluding hydrogens is 212 g/mol. The number of nitrogens with zero attached hydrogens (tertiary/aromatic N) is 1. The molecule has 1 aromatic rings. The first-order valence-electron chi connectivity index (χ1n) is 4.64. The van der Waals surface area contributed by atoms with E-state index in [1.807, 2.05) is 0 Å². The summed E-state index contributed by atoms with van der Waals surface area (Å²) in [6.45, 7) is -0.0150. The molecule has 1 aromatic heterocycles. The Labute approximate surface area is 93.0 Å². The van der Waals surface area contributed by atoms with Crippen LogP contribution in [0, 0.1) is 0 Å². The van der Waals surface area contributed by atoms with Gasteiger partial charge in [0.05, 0.1) is 26.3 Å². The predicted molar refractivity (Wildman–Crippen MR) is 56.8 cm³/mol. The number of aliphatic carboxylic acids is 1. The number of aromatic nitrogens is 1. The third-order valence-electron chi connectivity index (χ3n) is 2.21. The Morgan fingerprint density at radius 2 is 2.25 bits per heavy atom. The summed E-state index contributed by atoms with van der Waals surface area (Å²) in [4.78, 5) is 14.9. The van der Waals surface area contributed by atoms with Crippen molar-refractivity contribution in [1.82, 2.24) is 4.98 Å². The predicted octanol–water partition coefficient (Wildman–Crippen LogP) is 0.226. The molecule has 0 aromatic carbocycles. The van der Waals surface area contributed by atoms with Gasteiger partial charge in [0, 0.05) is 18.2 Å². The summed E-state index contributed by atoms with van der Waals surface area (Å²) >= 11 is 0. The fraction of sp³-hybridized carbons (Fsp3) is 0.400. The molecule has 0 radical (unpaired) electrons. The quantitative estimate of drug-likeness (QED) is 0.746. The number of hydrogen-bond acceptors (Lipinski definition) is 5. The summed E-state index contributed by atoms with van der Waals surface area (Å²) in [6.07, 6.45) is 1.42. The number of pyridine rings is 1. The van der Waals surface area contributed by atoms with Gasteiger partial charge in [0.15, 0.2) is 0 Å². The van der Waals surface area contributed by atoms with Crippen molar-refractivity contribution in [3.05, 3.63) is 17.8 Å². The summed E-state index contributed by atoms with van der Waals surface area (Å²) in [5.74, 6) is -1.12. The highest BCUT2D eigenvalue weighted by Crippen LogP contribution is 2.28. The maximum absolute atomic E-state index is 11.0. The fourth-order valence-corrected chi connectivity index (χ4v) is 1.35. The summed E-state index contributed by atoms with van der Waals surface area (Å²) in [6, 6.07) is 1.52. The van der Waals surface area contributed by atoms with Gasteiger partial charge < -0.3 is 20.3 Å². The molecule has 1 rings (SSSR count). The molecule has 88 valence electrons. The van der Waals surface area contributed by atoms with Gasteiger partial charge in [0.25, 0.3) is 0 Å². The Bertz CT molecular complexity index is 381. The van der Waals surface area contributed by atoms with Gasteiger partial charge in [-0.25, -0.2) is 4.98 Å². The Balaban J connectivity index is 3.21. The molecule has 0 aliphatic carbocycles. The average Bonchev–Trinajstić information content (AvgIpc) is 2.29. The summed E-state index contributed by atoms with van der Waals surface area (Å²) in [5.41, 5.74) is 5.89. The molecular formula is C10H14N2O4. The van der Waals surface area contributed by atoms with E-state index in [9.17, 15) is 4.79 Å². The minimum absolute atomic E-state index is 0.0150. The molecule has 16 heavy (non-hydrogen) atoms. The van der Waals surface area contributed by atoms with Crippen LogP contribution in [-0.4, -0.2) is 36.8 Å². The van der Waals surface area contributed by atoms with Gasteiger partial charge in [-0.05, 0) is 0 Å². The van der Waals surface area contributed by atoms with E-state index in [0.29, 0.717) is 17.2 Å². The zero-order valence-electron chi connectivity index (χ0n) is 9.14. The van der Waals surface area contributed by atoms with Gasteiger partial charge in [-0.1, -0.05) is 0 Å². The van der Waals surface area contributed by atoms with E-state index in [4.69, 9.17) is 20.3 Å². The van der Waals surface area contributed by atoms with Gasteiger partial charge in [-0.3, -0.25) is 4.79 Å². The van der Waals surface area contributed by atoms with Crippen LogP contribution in [-0.2, 0) is 4.79 Å². The standard InChI is InChI=1S/C10H14N2O4/c1-15-8-5-12-9(16-2)3-6(8)7(4-11)10(13)14/h3,5,7H,4,11H2,1-2H3,(H,13,14). The third kappa shape index (κ3) is 2.40. The lowest BCUT2D eigenvalue weighted by molar-refractivity contribution is -0.138. The van der Waals surface area contributed by atoms with Crippen LogP contribution in [0.3, 0.4) is 0 Å². The maximum Gasteiger partial charge on any atom is 0.312 e. The summed E-state index contributed by atoms with van der Waals surface area (Å²) < 4.78 is 9.97. The molecule has 1 unspecified atom stereocenters. The van der Waals surface area contributed by atoms with Crippen molar-refractivity contribution in [2.45, 2.75) is 5.92 Å². The Morgan fingerprint density at radius 3 is 2.69 bits per heavy atom. The van der Waals surface area contributed by atoms with E-state index < -0.39 is 11.9 Å². The Morgan fingerprint density at radius 1 is 1.56 bits per heavy atom. The van der Waals surface area contributed by atoms with E-state index in [-0.39, 0.29) is 6.54 Å². The number of carboxylic acid groups (broad SMARTS) is 1. The van der Waals surface area contributed by atoms with Crippen LogP contribution in [0.5, 0.6) is 11.6 Å². The number of nitrogens with two attached hydrogens (primary N) is 1. The highest BCUT2D eigenvalue weighted by Gasteiger charge is 2.23. The Kier molecular flexibility index (Phi) is 4.07. The highest BCUT2D eigenvalue weighted by atomic mass is 16.5. The molecule has 6 nitrogen and oxygen atoms in total. The molecule has 1 heterocycles. The van der Waals surface area contributed by atoms with E-state index in [1.54, 1.807) is 0 Å². The Hall–Kier alpha value is -1.82. The molecule has 0 saturated heterocycles. The smallest absolute Gasteiger partial charge is 0.312 e. The van der Waals surface area contributed by atoms with Crippen LogP contribution in [0.15, 0.2) is 12.3 Å². The third-order valence-corrected chi connectivity index (χ3v) is 2.21. The first-order chi connectivity index (χ1) is 7.63. The largest absolute Gasteiger partial charge is 0.495 e. The van der Waals surface area contributed by atoms with Crippen LogP contribution >= 0.6 is 0 Å². The summed E-state index contributed by atoms with van der Waals surface area (Å²) in [7, 11) is 2.90. The minimum Gasteiger partial charge on any atom is -0.495 e. The zero-order chi connectivity index (χ0) is 12.1. The number of hydrogen-bond donors (Lipinski definition) is 2. The van der Waals surface area contributed by atoms with Crippen molar-refractivity contribution in [1.29, 1.82) is 0 Å². The van der Waals surface area contributed by atoms with Crippen molar-refractivity contribution < 1.29 is 19.4 Å². The fourth-order valence-electron chi connectivity index (χ4n) is 1.35. The van der Waals surface area contributed by atoms with Crippen LogP contribution < -0.4 is 15.2 Å². The molecule has 0 aliphatic heterocycles. The number of rotatable bonds is 5. The summed E-state index contributed by atoms with van der Waals surface area (Å²) in [5, 5.41) is 9.01. The molecule has 6 heteroatoms. The lowest BCUT2D eigenvalue weighted by atomic mass is 10.00. The average molecular weight is 226 g/mol. The topological polar surface area (TPSA) is 94.7 Å². The lowest BCUT2D eigenvalue weighted by Gasteiger charge is -2.14. The van der Waals surface area contributed by atoms with E-state index >= 15 is 0 Å². The number of carbonyl (C=O) groups is 1. The van der Waals surface area contributed by atoms with E-state index in [0.717, 1.165) is 0 Å². The van der Waals surface area contributed by atoms with Crippen molar-refractivity contribution in [2.24, 2.45) is 5.73 Å². The van der Waals surface area contributed by atoms with Crippen LogP contribution in [0.4, 0.5) is 0 Å². The number of methoxy groups -OCH3 is 2. The molecule has 0 saturated carbocycles. The van der Waals surface area contributed by atoms with Crippen LogP contribution in [0.2, 0.25) is 0 Å². The van der Waals surface area contributed by atoms with Gasteiger partial charge in [0.1, 0.15) is 5.75 Å². The minimum atomic E-state index is -1.01. The zero-order valence-corrected chi connectivity index (χ0v) is 9.14. The van der Waals surface area contributed by atoms with Crippen molar-refractivity contribution >= 4 is 5.97 Å². The van der Waals surface area contributed by atoms with Gasteiger partial charge in [-0.15, -0.1) is 0 Å². The van der Waals surface area contributed by atoms with Crippen LogP contribution in [0.1, 0.15) is 11.5 Å². The monoisotopic (exact) mass is 226 g/mol. The second-order valence-electron chi connectivity index (χ2n) is 3.10. The molecule has 3 N–H and O–H groups in total. The highest BCUT2D eigenvalue weighted by molar-refractivity contribution is 5.77. The first-order valence-corrected chi connectivity index (χ1v) is 4.64. The molecule has 0 bridgehead atoms. The van der Waals surface area contributed by atoms with E-state index in [2.05, 4.69) is 4.98 Å². The van der Waals surface area contributed by atoms with Crippen molar-refractivity contribution in [3.63, 3.8) is 0 Å². The number of ether oxygens (including phenoxy) is 2. The second kappa shape index (κ2) is 5.32. The lowest BCUT2D eigenvalue weighted by Crippen LogP contribution is -2.21. The van der Waals surface area contributed by atoms with Gasteiger partial charge in [-0.2, -0.15) is 0 Å². The number of carboxylic acids is 1.